The number of carbonyl (C=O) groups is 2. The molecule has 0 radical (unpaired) electrons. The van der Waals surface area contributed by atoms with Gasteiger partial charge in [0.1, 0.15) is 6.61 Å². The molecule has 6 nitrogen and oxygen atoms in total. The van der Waals surface area contributed by atoms with Crippen LogP contribution in [0.2, 0.25) is 0 Å². The maximum Gasteiger partial charge on any atom is 0.409 e. The topological polar surface area (TPSA) is 71.0 Å². The minimum Gasteiger partial charge on any atom is -0.445 e. The number of aliphatic imine (C=N–C) groups is 1. The molecule has 2 amide bonds. The number of anilines is 1. The van der Waals surface area contributed by atoms with Crippen LogP contribution in [0.25, 0.3) is 0 Å². The first-order valence-electron chi connectivity index (χ1n) is 12.5. The lowest BCUT2D eigenvalue weighted by Crippen LogP contribution is -2.48. The van der Waals surface area contributed by atoms with Crippen molar-refractivity contribution in [1.29, 1.82) is 0 Å². The summed E-state index contributed by atoms with van der Waals surface area (Å²) < 4.78 is 5.42. The van der Waals surface area contributed by atoms with Crippen LogP contribution in [0.1, 0.15) is 63.5 Å². The monoisotopic (exact) mass is 461 g/mol. The lowest BCUT2D eigenvalue weighted by atomic mass is 9.89. The van der Waals surface area contributed by atoms with Gasteiger partial charge in [-0.25, -0.2) is 4.79 Å². The first-order chi connectivity index (χ1) is 16.5. The second kappa shape index (κ2) is 11.3. The van der Waals surface area contributed by atoms with Crippen molar-refractivity contribution in [1.82, 2.24) is 5.32 Å². The summed E-state index contributed by atoms with van der Waals surface area (Å²) in [6, 6.07) is 17.5. The van der Waals surface area contributed by atoms with Crippen LogP contribution in [0.15, 0.2) is 59.6 Å². The highest BCUT2D eigenvalue weighted by molar-refractivity contribution is 6.14. The molecule has 2 aromatic rings. The fourth-order valence-corrected chi connectivity index (χ4v) is 4.86. The van der Waals surface area contributed by atoms with Gasteiger partial charge in [0, 0.05) is 18.0 Å². The number of para-hydroxylation sites is 1. The van der Waals surface area contributed by atoms with Gasteiger partial charge >= 0.3 is 6.09 Å². The first-order valence-corrected chi connectivity index (χ1v) is 12.5. The molecule has 34 heavy (non-hydrogen) atoms. The van der Waals surface area contributed by atoms with E-state index in [0.29, 0.717) is 6.54 Å². The number of hydrogen-bond donors (Lipinski definition) is 1. The van der Waals surface area contributed by atoms with Crippen molar-refractivity contribution in [2.45, 2.75) is 65.1 Å². The molecule has 1 aliphatic carbocycles. The molecule has 6 heteroatoms. The van der Waals surface area contributed by atoms with E-state index in [1.165, 1.54) is 12.8 Å². The smallest absolute Gasteiger partial charge is 0.409 e. The zero-order valence-electron chi connectivity index (χ0n) is 20.2. The molecule has 0 unspecified atom stereocenters. The van der Waals surface area contributed by atoms with Crippen molar-refractivity contribution in [3.05, 3.63) is 65.7 Å². The van der Waals surface area contributed by atoms with Gasteiger partial charge in [-0.3, -0.25) is 15.1 Å². The Kier molecular flexibility index (Phi) is 7.99. The normalized spacial score (nSPS) is 19.1. The minimum absolute atomic E-state index is 0.142. The number of amides is 2. The molecule has 1 fully saturated rings. The number of nitrogens with zero attached hydrogens (tertiary/aromatic N) is 2. The standard InChI is InChI=1S/C28H35N3O3/c1-20(2)18-31-24-17-11-10-16-23(24)25(22-14-8-3-4-9-15-22)29-26(27(31)32)30-28(33)34-19-21-12-6-5-7-13-21/h5-7,10-13,16-17,20,22,26H,3-4,8-9,14-15,18-19H2,1-2H3,(H,30,33)/t26-/m1/s1. The number of fused-ring (bicyclic) bond motifs is 1. The van der Waals surface area contributed by atoms with Crippen LogP contribution < -0.4 is 10.2 Å². The van der Waals surface area contributed by atoms with Gasteiger partial charge in [-0.15, -0.1) is 0 Å². The zero-order valence-corrected chi connectivity index (χ0v) is 20.2. The SMILES string of the molecule is CC(C)CN1C(=O)[C@@H](NC(=O)OCc2ccccc2)N=C(C2CCCCCC2)c2ccccc21. The summed E-state index contributed by atoms with van der Waals surface area (Å²) >= 11 is 0. The Morgan fingerprint density at radius 2 is 1.71 bits per heavy atom. The minimum atomic E-state index is -1.01. The van der Waals surface area contributed by atoms with Crippen LogP contribution in [-0.4, -0.2) is 30.4 Å². The van der Waals surface area contributed by atoms with E-state index in [1.807, 2.05) is 48.5 Å². The van der Waals surface area contributed by atoms with Gasteiger partial charge in [-0.05, 0) is 30.4 Å². The van der Waals surface area contributed by atoms with Gasteiger partial charge in [-0.2, -0.15) is 0 Å². The molecule has 0 bridgehead atoms. The molecule has 1 saturated carbocycles. The third-order valence-electron chi connectivity index (χ3n) is 6.50. The second-order valence-electron chi connectivity index (χ2n) is 9.67. The van der Waals surface area contributed by atoms with Crippen LogP contribution in [0, 0.1) is 11.8 Å². The van der Waals surface area contributed by atoms with E-state index in [1.54, 1.807) is 4.90 Å². The number of benzene rings is 2. The molecule has 1 heterocycles. The highest BCUT2D eigenvalue weighted by Crippen LogP contribution is 2.33. The van der Waals surface area contributed by atoms with Crippen LogP contribution in [0.3, 0.4) is 0 Å². The molecular formula is C28H35N3O3. The molecule has 1 aliphatic heterocycles. The quantitative estimate of drug-likeness (QED) is 0.561. The van der Waals surface area contributed by atoms with Crippen molar-refractivity contribution >= 4 is 23.4 Å². The van der Waals surface area contributed by atoms with Gasteiger partial charge in [0.2, 0.25) is 6.17 Å². The largest absolute Gasteiger partial charge is 0.445 e. The maximum atomic E-state index is 13.7. The number of hydrogen-bond acceptors (Lipinski definition) is 4. The van der Waals surface area contributed by atoms with E-state index in [9.17, 15) is 9.59 Å². The highest BCUT2D eigenvalue weighted by atomic mass is 16.5. The maximum absolute atomic E-state index is 13.7. The summed E-state index contributed by atoms with van der Waals surface area (Å²) in [5.74, 6) is 0.323. The molecule has 0 spiro atoms. The molecule has 2 aromatic carbocycles. The van der Waals surface area contributed by atoms with E-state index < -0.39 is 12.3 Å². The number of rotatable bonds is 6. The number of carbonyl (C=O) groups excluding carboxylic acids is 2. The lowest BCUT2D eigenvalue weighted by molar-refractivity contribution is -0.120. The molecule has 1 N–H and O–H groups in total. The van der Waals surface area contributed by atoms with Crippen LogP contribution in [-0.2, 0) is 16.1 Å². The molecule has 0 aromatic heterocycles. The fourth-order valence-electron chi connectivity index (χ4n) is 4.86. The zero-order chi connectivity index (χ0) is 23.9. The van der Waals surface area contributed by atoms with Crippen molar-refractivity contribution in [3.63, 3.8) is 0 Å². The summed E-state index contributed by atoms with van der Waals surface area (Å²) in [5.41, 5.74) is 3.71. The van der Waals surface area contributed by atoms with E-state index in [4.69, 9.17) is 9.73 Å². The average Bonchev–Trinajstić information content (AvgIpc) is 3.18. The lowest BCUT2D eigenvalue weighted by Gasteiger charge is -2.27. The summed E-state index contributed by atoms with van der Waals surface area (Å²) in [5, 5.41) is 2.76. The van der Waals surface area contributed by atoms with Crippen LogP contribution >= 0.6 is 0 Å². The van der Waals surface area contributed by atoms with Gasteiger partial charge < -0.3 is 9.64 Å². The number of benzodiazepines with no additional fused rings is 1. The van der Waals surface area contributed by atoms with Crippen LogP contribution in [0.5, 0.6) is 0 Å². The van der Waals surface area contributed by atoms with Gasteiger partial charge in [0.05, 0.1) is 11.4 Å². The van der Waals surface area contributed by atoms with Crippen molar-refractivity contribution in [2.24, 2.45) is 16.8 Å². The van der Waals surface area contributed by atoms with Crippen molar-refractivity contribution in [2.75, 3.05) is 11.4 Å². The Labute approximate surface area is 202 Å². The van der Waals surface area contributed by atoms with Gasteiger partial charge in [0.25, 0.3) is 5.91 Å². The molecule has 1 atom stereocenters. The number of alkyl carbamates (subject to hydrolysis) is 1. The third-order valence-corrected chi connectivity index (χ3v) is 6.50. The van der Waals surface area contributed by atoms with E-state index in [0.717, 1.165) is 48.2 Å². The Balaban J connectivity index is 1.64. The van der Waals surface area contributed by atoms with E-state index in [2.05, 4.69) is 25.2 Å². The first kappa shape index (κ1) is 24.0. The van der Waals surface area contributed by atoms with Gasteiger partial charge in [-0.1, -0.05) is 88.1 Å². The molecule has 0 saturated heterocycles. The summed E-state index contributed by atoms with van der Waals surface area (Å²) in [6.45, 7) is 4.87. The highest BCUT2D eigenvalue weighted by Gasteiger charge is 2.35. The predicted octanol–water partition coefficient (Wildman–Crippen LogP) is 5.70. The summed E-state index contributed by atoms with van der Waals surface area (Å²) in [4.78, 5) is 33.1. The van der Waals surface area contributed by atoms with Crippen LogP contribution in [0.4, 0.5) is 10.5 Å². The fraction of sp³-hybridized carbons (Fsp3) is 0.464. The molecule has 2 aliphatic rings. The Bertz CT molecular complexity index is 1010. The van der Waals surface area contributed by atoms with E-state index >= 15 is 0 Å². The molecule has 4 rings (SSSR count). The average molecular weight is 462 g/mol. The Hall–Kier alpha value is -3.15. The van der Waals surface area contributed by atoms with Crippen molar-refractivity contribution < 1.29 is 14.3 Å². The molecular weight excluding hydrogens is 426 g/mol. The summed E-state index contributed by atoms with van der Waals surface area (Å²) in [7, 11) is 0. The Morgan fingerprint density at radius 1 is 1.03 bits per heavy atom. The number of nitrogens with one attached hydrogen (secondary N) is 1. The second-order valence-corrected chi connectivity index (χ2v) is 9.67. The molecule has 180 valence electrons. The van der Waals surface area contributed by atoms with Crippen molar-refractivity contribution in [3.8, 4) is 0 Å². The predicted molar refractivity (Wildman–Crippen MR) is 135 cm³/mol. The third kappa shape index (κ3) is 5.85. The van der Waals surface area contributed by atoms with Gasteiger partial charge in [0.15, 0.2) is 0 Å². The Morgan fingerprint density at radius 3 is 2.41 bits per heavy atom. The number of ether oxygens (including phenoxy) is 1. The van der Waals surface area contributed by atoms with E-state index in [-0.39, 0.29) is 24.3 Å². The summed E-state index contributed by atoms with van der Waals surface area (Å²) in [6.07, 6.45) is 5.25.